The van der Waals surface area contributed by atoms with Gasteiger partial charge < -0.3 is 14.4 Å². The minimum absolute atomic E-state index is 0.0349. The molecule has 3 rings (SSSR count). The molecule has 0 N–H and O–H groups in total. The molecule has 0 unspecified atom stereocenters. The number of alkyl halides is 2. The maximum Gasteiger partial charge on any atom is 0.387 e. The highest BCUT2D eigenvalue weighted by Crippen LogP contribution is 2.45. The third kappa shape index (κ3) is 3.89. The lowest BCUT2D eigenvalue weighted by molar-refractivity contribution is -0.140. The summed E-state index contributed by atoms with van der Waals surface area (Å²) in [5, 5.41) is 0. The fraction of sp³-hybridized carbons (Fsp3) is 0.381. The quantitative estimate of drug-likeness (QED) is 0.721. The van der Waals surface area contributed by atoms with Gasteiger partial charge in [0.1, 0.15) is 0 Å². The predicted molar refractivity (Wildman–Crippen MR) is 98.1 cm³/mol. The van der Waals surface area contributed by atoms with Crippen LogP contribution in [-0.4, -0.2) is 31.6 Å². The van der Waals surface area contributed by atoms with Gasteiger partial charge in [-0.2, -0.15) is 8.78 Å². The fourth-order valence-electron chi connectivity index (χ4n) is 3.63. The van der Waals surface area contributed by atoms with Crippen LogP contribution in [0.4, 0.5) is 8.78 Å². The third-order valence-corrected chi connectivity index (χ3v) is 5.15. The van der Waals surface area contributed by atoms with Crippen LogP contribution in [-0.2, 0) is 16.8 Å². The zero-order chi connectivity index (χ0) is 19.4. The molecule has 144 valence electrons. The van der Waals surface area contributed by atoms with Crippen molar-refractivity contribution in [1.29, 1.82) is 0 Å². The number of methoxy groups -OCH3 is 1. The van der Waals surface area contributed by atoms with E-state index >= 15 is 0 Å². The summed E-state index contributed by atoms with van der Waals surface area (Å²) in [6.07, 6.45) is 2.66. The summed E-state index contributed by atoms with van der Waals surface area (Å²) in [6.45, 7) is -2.64. The summed E-state index contributed by atoms with van der Waals surface area (Å²) < 4.78 is 34.8. The third-order valence-electron chi connectivity index (χ3n) is 5.15. The molecule has 4 nitrogen and oxygen atoms in total. The number of benzene rings is 2. The van der Waals surface area contributed by atoms with E-state index in [1.165, 1.54) is 13.2 Å². The van der Waals surface area contributed by atoms with Gasteiger partial charge in [-0.15, -0.1) is 0 Å². The molecule has 1 aliphatic carbocycles. The van der Waals surface area contributed by atoms with Crippen molar-refractivity contribution < 1.29 is 23.0 Å². The minimum atomic E-state index is -2.94. The predicted octanol–water partition coefficient (Wildman–Crippen LogP) is 4.38. The van der Waals surface area contributed by atoms with Gasteiger partial charge in [-0.25, -0.2) is 0 Å². The maximum atomic E-state index is 13.2. The number of hydrogen-bond donors (Lipinski definition) is 0. The van der Waals surface area contributed by atoms with Gasteiger partial charge in [0.2, 0.25) is 5.91 Å². The molecule has 0 spiro atoms. The van der Waals surface area contributed by atoms with Gasteiger partial charge in [0.15, 0.2) is 11.5 Å². The van der Waals surface area contributed by atoms with Crippen molar-refractivity contribution in [2.24, 2.45) is 0 Å². The Balaban J connectivity index is 1.78. The molecule has 2 aromatic carbocycles. The van der Waals surface area contributed by atoms with Gasteiger partial charge in [-0.3, -0.25) is 4.79 Å². The van der Waals surface area contributed by atoms with Crippen molar-refractivity contribution in [3.63, 3.8) is 0 Å². The van der Waals surface area contributed by atoms with E-state index in [-0.39, 0.29) is 17.4 Å². The Hall–Kier alpha value is -2.63. The second kappa shape index (κ2) is 7.94. The molecule has 0 saturated heterocycles. The maximum absolute atomic E-state index is 13.2. The number of carbonyl (C=O) groups excluding carboxylic acids is 1. The summed E-state index contributed by atoms with van der Waals surface area (Å²) in [4.78, 5) is 14.8. The molecule has 2 aromatic rings. The Labute approximate surface area is 157 Å². The van der Waals surface area contributed by atoms with Crippen LogP contribution in [0.1, 0.15) is 30.4 Å². The Kier molecular flexibility index (Phi) is 5.63. The van der Waals surface area contributed by atoms with Gasteiger partial charge in [-0.1, -0.05) is 42.8 Å². The Morgan fingerprint density at radius 3 is 2.41 bits per heavy atom. The minimum Gasteiger partial charge on any atom is -0.493 e. The summed E-state index contributed by atoms with van der Waals surface area (Å²) in [6, 6.07) is 14.6. The van der Waals surface area contributed by atoms with Crippen LogP contribution in [0.5, 0.6) is 11.5 Å². The summed E-state index contributed by atoms with van der Waals surface area (Å²) >= 11 is 0. The molecule has 1 saturated carbocycles. The van der Waals surface area contributed by atoms with Crippen LogP contribution in [0, 0.1) is 0 Å². The lowest BCUT2D eigenvalue weighted by Crippen LogP contribution is -2.49. The van der Waals surface area contributed by atoms with Crippen LogP contribution < -0.4 is 9.47 Å². The Morgan fingerprint density at radius 2 is 1.85 bits per heavy atom. The highest BCUT2D eigenvalue weighted by Gasteiger charge is 2.46. The van der Waals surface area contributed by atoms with Crippen LogP contribution in [0.2, 0.25) is 0 Å². The first-order valence-electron chi connectivity index (χ1n) is 8.89. The smallest absolute Gasteiger partial charge is 0.387 e. The fourth-order valence-corrected chi connectivity index (χ4v) is 3.63. The van der Waals surface area contributed by atoms with Crippen molar-refractivity contribution in [1.82, 2.24) is 4.90 Å². The molecular formula is C21H23F2NO3. The van der Waals surface area contributed by atoms with Gasteiger partial charge in [-0.05, 0) is 36.1 Å². The van der Waals surface area contributed by atoms with Crippen molar-refractivity contribution in [3.05, 3.63) is 59.7 Å². The standard InChI is InChI=1S/C21H23F2NO3/c1-24(14-15-9-10-17(26-2)18(13-15)27-20(22)23)19(25)21(11-6-12-21)16-7-4-3-5-8-16/h3-5,7-10,13,20H,6,11-12,14H2,1-2H3. The van der Waals surface area contributed by atoms with E-state index < -0.39 is 12.0 Å². The van der Waals surface area contributed by atoms with Gasteiger partial charge in [0.05, 0.1) is 12.5 Å². The Morgan fingerprint density at radius 1 is 1.15 bits per heavy atom. The van der Waals surface area contributed by atoms with Crippen molar-refractivity contribution >= 4 is 5.91 Å². The lowest BCUT2D eigenvalue weighted by Gasteiger charge is -2.43. The van der Waals surface area contributed by atoms with Crippen LogP contribution in [0.25, 0.3) is 0 Å². The molecular weight excluding hydrogens is 352 g/mol. The average molecular weight is 375 g/mol. The molecule has 1 amide bonds. The topological polar surface area (TPSA) is 38.8 Å². The second-order valence-corrected chi connectivity index (χ2v) is 6.83. The first kappa shape index (κ1) is 19.1. The molecule has 1 aliphatic rings. The monoisotopic (exact) mass is 375 g/mol. The van der Waals surface area contributed by atoms with Crippen LogP contribution in [0.3, 0.4) is 0 Å². The first-order valence-corrected chi connectivity index (χ1v) is 8.89. The number of likely N-dealkylation sites (N-methyl/N-ethyl adjacent to an activating group) is 1. The number of hydrogen-bond acceptors (Lipinski definition) is 3. The van der Waals surface area contributed by atoms with Crippen LogP contribution in [0.15, 0.2) is 48.5 Å². The number of amides is 1. The molecule has 6 heteroatoms. The number of rotatable bonds is 7. The summed E-state index contributed by atoms with van der Waals surface area (Å²) in [5.41, 5.74) is 1.25. The normalized spacial score (nSPS) is 15.1. The molecule has 0 radical (unpaired) electrons. The molecule has 1 fully saturated rings. The zero-order valence-electron chi connectivity index (χ0n) is 15.5. The number of nitrogens with zero attached hydrogens (tertiary/aromatic N) is 1. The van der Waals surface area contributed by atoms with Gasteiger partial charge in [0.25, 0.3) is 0 Å². The summed E-state index contributed by atoms with van der Waals surface area (Å²) in [5.74, 6) is 0.243. The van der Waals surface area contributed by atoms with Gasteiger partial charge >= 0.3 is 6.61 Å². The van der Waals surface area contributed by atoms with Gasteiger partial charge in [0, 0.05) is 13.6 Å². The van der Waals surface area contributed by atoms with E-state index in [1.54, 1.807) is 24.1 Å². The largest absolute Gasteiger partial charge is 0.493 e. The van der Waals surface area contributed by atoms with E-state index in [9.17, 15) is 13.6 Å². The molecule has 0 aromatic heterocycles. The van der Waals surface area contributed by atoms with E-state index in [1.807, 2.05) is 30.3 Å². The molecule has 0 heterocycles. The first-order chi connectivity index (χ1) is 13.0. The SMILES string of the molecule is COc1ccc(CN(C)C(=O)C2(c3ccccc3)CCC2)cc1OC(F)F. The molecule has 0 bridgehead atoms. The molecule has 0 aliphatic heterocycles. The average Bonchev–Trinajstić information content (AvgIpc) is 2.61. The van der Waals surface area contributed by atoms with Crippen molar-refractivity contribution in [3.8, 4) is 11.5 Å². The molecule has 27 heavy (non-hydrogen) atoms. The molecule has 0 atom stereocenters. The number of ether oxygens (including phenoxy) is 2. The van der Waals surface area contributed by atoms with Crippen molar-refractivity contribution in [2.45, 2.75) is 37.8 Å². The van der Waals surface area contributed by atoms with E-state index in [2.05, 4.69) is 4.74 Å². The van der Waals surface area contributed by atoms with E-state index in [0.29, 0.717) is 12.1 Å². The highest BCUT2D eigenvalue weighted by molar-refractivity contribution is 5.89. The Bertz CT molecular complexity index is 791. The van der Waals surface area contributed by atoms with Crippen LogP contribution >= 0.6 is 0 Å². The van der Waals surface area contributed by atoms with E-state index in [0.717, 1.165) is 24.8 Å². The second-order valence-electron chi connectivity index (χ2n) is 6.83. The summed E-state index contributed by atoms with van der Waals surface area (Å²) in [7, 11) is 3.13. The van der Waals surface area contributed by atoms with E-state index in [4.69, 9.17) is 4.74 Å². The lowest BCUT2D eigenvalue weighted by atomic mass is 9.63. The number of halogens is 2. The highest BCUT2D eigenvalue weighted by atomic mass is 19.3. The van der Waals surface area contributed by atoms with Crippen molar-refractivity contribution in [2.75, 3.05) is 14.2 Å². The number of carbonyl (C=O) groups is 1. The zero-order valence-corrected chi connectivity index (χ0v) is 15.5.